The lowest BCUT2D eigenvalue weighted by molar-refractivity contribution is -0.136. The Kier molecular flexibility index (Phi) is 6.07. The van der Waals surface area contributed by atoms with Gasteiger partial charge in [0, 0.05) is 0 Å². The molecule has 0 aliphatic carbocycles. The summed E-state index contributed by atoms with van der Waals surface area (Å²) in [6.07, 6.45) is 0. The average Bonchev–Trinajstić information content (AvgIpc) is 2.84. The van der Waals surface area contributed by atoms with Gasteiger partial charge >= 0.3 is 12.0 Å². The lowest BCUT2D eigenvalue weighted by atomic mass is 9.92. The van der Waals surface area contributed by atoms with E-state index < -0.39 is 18.0 Å². The quantitative estimate of drug-likeness (QED) is 0.565. The van der Waals surface area contributed by atoms with Crippen LogP contribution in [-0.4, -0.2) is 26.2 Å². The number of amides is 2. The normalized spacial score (nSPS) is 15.4. The van der Waals surface area contributed by atoms with Gasteiger partial charge in [-0.05, 0) is 59.7 Å². The third-order valence-corrected chi connectivity index (χ3v) is 5.03. The number of carbonyl (C=O) groups excluding carboxylic acids is 2. The minimum atomic E-state index is -0.729. The summed E-state index contributed by atoms with van der Waals surface area (Å²) in [5, 5.41) is 5.57. The van der Waals surface area contributed by atoms with Gasteiger partial charge in [-0.15, -0.1) is 0 Å². The second-order valence-corrected chi connectivity index (χ2v) is 7.03. The standard InChI is InChI=1S/C25H22N2O5/c1-30-18-13-11-16(12-14-18)22-21(24(28)31-2)23(27-25(29)26-22)17-7-6-10-20(15-17)32-19-8-4-3-5-9-19/h3-15,23H,1-2H3,(H2,26,27,29). The molecule has 1 unspecified atom stereocenters. The number of benzene rings is 3. The van der Waals surface area contributed by atoms with Gasteiger partial charge in [0.2, 0.25) is 0 Å². The van der Waals surface area contributed by atoms with Crippen molar-refractivity contribution in [1.82, 2.24) is 10.6 Å². The SMILES string of the molecule is COC(=O)C1=C(c2ccc(OC)cc2)NC(=O)NC1c1cccc(Oc2ccccc2)c1. The van der Waals surface area contributed by atoms with Gasteiger partial charge in [0.15, 0.2) is 0 Å². The van der Waals surface area contributed by atoms with E-state index in [1.807, 2.05) is 48.5 Å². The van der Waals surface area contributed by atoms with E-state index in [1.54, 1.807) is 37.4 Å². The molecule has 7 nitrogen and oxygen atoms in total. The first-order valence-corrected chi connectivity index (χ1v) is 9.96. The van der Waals surface area contributed by atoms with Crippen molar-refractivity contribution < 1.29 is 23.8 Å². The van der Waals surface area contributed by atoms with E-state index in [2.05, 4.69) is 10.6 Å². The second kappa shape index (κ2) is 9.26. The smallest absolute Gasteiger partial charge is 0.338 e. The highest BCUT2D eigenvalue weighted by atomic mass is 16.5. The van der Waals surface area contributed by atoms with Crippen LogP contribution in [0.15, 0.2) is 84.4 Å². The third kappa shape index (κ3) is 4.41. The molecule has 2 N–H and O–H groups in total. The number of rotatable bonds is 6. The molecule has 0 fully saturated rings. The molecule has 32 heavy (non-hydrogen) atoms. The van der Waals surface area contributed by atoms with Gasteiger partial charge in [-0.3, -0.25) is 0 Å². The summed E-state index contributed by atoms with van der Waals surface area (Å²) in [7, 11) is 2.88. The monoisotopic (exact) mass is 430 g/mol. The van der Waals surface area contributed by atoms with E-state index in [1.165, 1.54) is 7.11 Å². The molecule has 1 aliphatic heterocycles. The Balaban J connectivity index is 1.76. The number of nitrogens with one attached hydrogen (secondary N) is 2. The van der Waals surface area contributed by atoms with Crippen molar-refractivity contribution in [2.45, 2.75) is 6.04 Å². The van der Waals surface area contributed by atoms with Crippen LogP contribution in [0.1, 0.15) is 17.2 Å². The highest BCUT2D eigenvalue weighted by Gasteiger charge is 2.34. The Morgan fingerprint density at radius 3 is 2.25 bits per heavy atom. The van der Waals surface area contributed by atoms with E-state index in [-0.39, 0.29) is 5.57 Å². The van der Waals surface area contributed by atoms with E-state index in [0.717, 1.165) is 0 Å². The van der Waals surface area contributed by atoms with E-state index in [0.29, 0.717) is 34.1 Å². The second-order valence-electron chi connectivity index (χ2n) is 7.03. The van der Waals surface area contributed by atoms with Crippen LogP contribution in [0.4, 0.5) is 4.79 Å². The summed E-state index contributed by atoms with van der Waals surface area (Å²) in [5.41, 5.74) is 2.00. The lowest BCUT2D eigenvalue weighted by Crippen LogP contribution is -2.45. The van der Waals surface area contributed by atoms with Crippen molar-refractivity contribution in [2.24, 2.45) is 0 Å². The molecule has 0 saturated carbocycles. The van der Waals surface area contributed by atoms with Crippen molar-refractivity contribution in [3.63, 3.8) is 0 Å². The lowest BCUT2D eigenvalue weighted by Gasteiger charge is -2.29. The molecule has 3 aromatic carbocycles. The third-order valence-electron chi connectivity index (χ3n) is 5.03. The van der Waals surface area contributed by atoms with Gasteiger partial charge < -0.3 is 24.8 Å². The first-order chi connectivity index (χ1) is 15.6. The van der Waals surface area contributed by atoms with Crippen molar-refractivity contribution in [3.8, 4) is 17.2 Å². The Bertz CT molecular complexity index is 1160. The van der Waals surface area contributed by atoms with Gasteiger partial charge in [-0.25, -0.2) is 9.59 Å². The van der Waals surface area contributed by atoms with Crippen molar-refractivity contribution in [3.05, 3.63) is 95.6 Å². The summed E-state index contributed by atoms with van der Waals surface area (Å²) in [6.45, 7) is 0. The molecular formula is C25H22N2O5. The molecular weight excluding hydrogens is 408 g/mol. The van der Waals surface area contributed by atoms with Gasteiger partial charge in [0.05, 0.1) is 31.5 Å². The van der Waals surface area contributed by atoms with Gasteiger partial charge in [0.25, 0.3) is 0 Å². The minimum Gasteiger partial charge on any atom is -0.497 e. The Morgan fingerprint density at radius 1 is 0.844 bits per heavy atom. The fraction of sp³-hybridized carbons (Fsp3) is 0.120. The summed E-state index contributed by atoms with van der Waals surface area (Å²) < 4.78 is 16.2. The molecule has 162 valence electrons. The molecule has 7 heteroatoms. The van der Waals surface area contributed by atoms with Gasteiger partial charge in [-0.1, -0.05) is 30.3 Å². The van der Waals surface area contributed by atoms with E-state index in [9.17, 15) is 9.59 Å². The molecule has 1 heterocycles. The van der Waals surface area contributed by atoms with Crippen molar-refractivity contribution in [1.29, 1.82) is 0 Å². The predicted molar refractivity (Wildman–Crippen MR) is 119 cm³/mol. The minimum absolute atomic E-state index is 0.286. The molecule has 0 spiro atoms. The van der Waals surface area contributed by atoms with Crippen LogP contribution < -0.4 is 20.1 Å². The largest absolute Gasteiger partial charge is 0.497 e. The number of methoxy groups -OCH3 is 2. The molecule has 0 bridgehead atoms. The molecule has 0 saturated heterocycles. The summed E-state index contributed by atoms with van der Waals surface area (Å²) in [4.78, 5) is 25.3. The van der Waals surface area contributed by atoms with Crippen LogP contribution in [-0.2, 0) is 9.53 Å². The number of esters is 1. The maximum Gasteiger partial charge on any atom is 0.338 e. The number of urea groups is 1. The molecule has 0 aromatic heterocycles. The van der Waals surface area contributed by atoms with Crippen molar-refractivity contribution in [2.75, 3.05) is 14.2 Å². The van der Waals surface area contributed by atoms with Crippen LogP contribution in [0, 0.1) is 0 Å². The number of hydrogen-bond acceptors (Lipinski definition) is 5. The number of hydrogen-bond donors (Lipinski definition) is 2. The van der Waals surface area contributed by atoms with Crippen LogP contribution >= 0.6 is 0 Å². The Morgan fingerprint density at radius 2 is 1.56 bits per heavy atom. The molecule has 1 aliphatic rings. The first-order valence-electron chi connectivity index (χ1n) is 9.96. The molecule has 1 atom stereocenters. The topological polar surface area (TPSA) is 85.9 Å². The highest BCUT2D eigenvalue weighted by molar-refractivity contribution is 6.04. The zero-order chi connectivity index (χ0) is 22.5. The van der Waals surface area contributed by atoms with Crippen molar-refractivity contribution >= 4 is 17.7 Å². The van der Waals surface area contributed by atoms with Crippen LogP contribution in [0.3, 0.4) is 0 Å². The first kappa shape index (κ1) is 21.0. The number of para-hydroxylation sites is 1. The Labute approximate surface area is 185 Å². The molecule has 2 amide bonds. The fourth-order valence-corrected chi connectivity index (χ4v) is 3.51. The Hall–Kier alpha value is -4.26. The highest BCUT2D eigenvalue weighted by Crippen LogP contribution is 2.34. The average molecular weight is 430 g/mol. The molecule has 4 rings (SSSR count). The van der Waals surface area contributed by atoms with Gasteiger partial charge in [0.1, 0.15) is 17.2 Å². The van der Waals surface area contributed by atoms with Crippen LogP contribution in [0.5, 0.6) is 17.2 Å². The zero-order valence-electron chi connectivity index (χ0n) is 17.6. The number of ether oxygens (including phenoxy) is 3. The summed E-state index contributed by atoms with van der Waals surface area (Å²) >= 11 is 0. The van der Waals surface area contributed by atoms with Crippen LogP contribution in [0.2, 0.25) is 0 Å². The summed E-state index contributed by atoms with van der Waals surface area (Å²) in [6, 6.07) is 22.5. The predicted octanol–water partition coefficient (Wildman–Crippen LogP) is 4.43. The van der Waals surface area contributed by atoms with Crippen LogP contribution in [0.25, 0.3) is 5.70 Å². The molecule has 3 aromatic rings. The molecule has 0 radical (unpaired) electrons. The van der Waals surface area contributed by atoms with Gasteiger partial charge in [-0.2, -0.15) is 0 Å². The fourth-order valence-electron chi connectivity index (χ4n) is 3.51. The maximum atomic E-state index is 12.8. The maximum absolute atomic E-state index is 12.8. The van der Waals surface area contributed by atoms with E-state index in [4.69, 9.17) is 14.2 Å². The van der Waals surface area contributed by atoms with E-state index >= 15 is 0 Å². The summed E-state index contributed by atoms with van der Waals surface area (Å²) in [5.74, 6) is 1.37. The zero-order valence-corrected chi connectivity index (χ0v) is 17.6. The number of carbonyl (C=O) groups is 2.